The average Bonchev–Trinajstić information content (AvgIpc) is 3.62. The molecule has 0 unspecified atom stereocenters. The normalized spacial score (nSPS) is 13.7. The van der Waals surface area contributed by atoms with Crippen LogP contribution in [-0.4, -0.2) is 21.5 Å². The Hall–Kier alpha value is -6.87. The van der Waals surface area contributed by atoms with Gasteiger partial charge in [-0.2, -0.15) is 0 Å². The van der Waals surface area contributed by atoms with E-state index in [4.69, 9.17) is 0 Å². The molecule has 4 heteroatoms. The zero-order chi connectivity index (χ0) is 53.2. The van der Waals surface area contributed by atoms with E-state index in [9.17, 15) is 0 Å². The molecule has 2 heterocycles. The second kappa shape index (κ2) is 20.6. The number of fused-ring (bicyclic) bond motifs is 4. The Bertz CT molecular complexity index is 3440. The third-order valence-electron chi connectivity index (χ3n) is 17.2. The van der Waals surface area contributed by atoms with Crippen LogP contribution in [0.25, 0.3) is 11.1 Å². The largest absolute Gasteiger partial charge is 0.311 e. The fourth-order valence-corrected chi connectivity index (χ4v) is 18.6. The van der Waals surface area contributed by atoms with Crippen molar-refractivity contribution in [2.75, 3.05) is 4.90 Å². The molecule has 0 spiro atoms. The van der Waals surface area contributed by atoms with Crippen molar-refractivity contribution in [3.05, 3.63) is 234 Å². The lowest BCUT2D eigenvalue weighted by atomic mass is 9.20. The van der Waals surface area contributed by atoms with Crippen LogP contribution in [-0.2, 0) is 0 Å². The summed E-state index contributed by atoms with van der Waals surface area (Å²) in [5.74, 6) is 2.31. The number of hydrogen-bond donors (Lipinski definition) is 0. The number of anilines is 3. The van der Waals surface area contributed by atoms with Crippen LogP contribution in [0.15, 0.2) is 200 Å². The van der Waals surface area contributed by atoms with Gasteiger partial charge in [0.2, 0.25) is 13.4 Å². The molecule has 2 aliphatic heterocycles. The molecule has 0 amide bonds. The predicted octanol–water partition coefficient (Wildman–Crippen LogP) is 12.6. The van der Waals surface area contributed by atoms with E-state index in [1.807, 2.05) is 0 Å². The molecular formula is C72H75B2NSi. The van der Waals surface area contributed by atoms with Gasteiger partial charge >= 0.3 is 0 Å². The van der Waals surface area contributed by atoms with Crippen LogP contribution in [0, 0.1) is 0 Å². The Morgan fingerprint density at radius 3 is 1.13 bits per heavy atom. The van der Waals surface area contributed by atoms with Crippen molar-refractivity contribution in [2.45, 2.75) is 119 Å². The van der Waals surface area contributed by atoms with E-state index in [0.29, 0.717) is 35.5 Å². The first-order valence-corrected chi connectivity index (χ1v) is 30.5. The van der Waals surface area contributed by atoms with Crippen molar-refractivity contribution in [2.24, 2.45) is 0 Å². The third-order valence-corrected chi connectivity index (χ3v) is 22.1. The van der Waals surface area contributed by atoms with E-state index in [2.05, 4.69) is 288 Å². The quantitative estimate of drug-likeness (QED) is 0.110. The van der Waals surface area contributed by atoms with Crippen LogP contribution in [0.1, 0.15) is 152 Å². The summed E-state index contributed by atoms with van der Waals surface area (Å²) in [6.07, 6.45) is 0. The second-order valence-electron chi connectivity index (χ2n) is 23.9. The van der Waals surface area contributed by atoms with E-state index < -0.39 is 8.07 Å². The van der Waals surface area contributed by atoms with Gasteiger partial charge in [-0.05, 0) is 125 Å². The highest BCUT2D eigenvalue weighted by atomic mass is 28.3. The molecule has 0 radical (unpaired) electrons. The lowest BCUT2D eigenvalue weighted by Crippen LogP contribution is -2.77. The van der Waals surface area contributed by atoms with Crippen LogP contribution in [0.2, 0.25) is 0 Å². The molecule has 0 aromatic heterocycles. The maximum absolute atomic E-state index is 2.76. The lowest BCUT2D eigenvalue weighted by Gasteiger charge is -2.45. The van der Waals surface area contributed by atoms with E-state index in [0.717, 1.165) is 0 Å². The Balaban J connectivity index is 1.16. The number of para-hydroxylation sites is 2. The van der Waals surface area contributed by atoms with Gasteiger partial charge in [0.15, 0.2) is 8.07 Å². The molecule has 0 aliphatic carbocycles. The molecule has 0 saturated heterocycles. The zero-order valence-electron chi connectivity index (χ0n) is 47.1. The van der Waals surface area contributed by atoms with Crippen molar-refractivity contribution in [3.8, 4) is 11.1 Å². The van der Waals surface area contributed by atoms with Crippen molar-refractivity contribution >= 4 is 92.1 Å². The summed E-state index contributed by atoms with van der Waals surface area (Å²) in [5.41, 5.74) is 23.7. The van der Waals surface area contributed by atoms with Crippen LogP contribution in [0.4, 0.5) is 17.1 Å². The van der Waals surface area contributed by atoms with Gasteiger partial charge < -0.3 is 4.90 Å². The van der Waals surface area contributed by atoms with E-state index in [1.54, 1.807) is 0 Å². The summed E-state index contributed by atoms with van der Waals surface area (Å²) in [5, 5.41) is 5.61. The van der Waals surface area contributed by atoms with Gasteiger partial charge in [-0.3, -0.25) is 0 Å². The van der Waals surface area contributed by atoms with Gasteiger partial charge in [0.1, 0.15) is 0 Å². The summed E-state index contributed by atoms with van der Waals surface area (Å²) in [6.45, 7) is 28.8. The van der Waals surface area contributed by atoms with Gasteiger partial charge in [0.05, 0.1) is 0 Å². The predicted molar refractivity (Wildman–Crippen MR) is 337 cm³/mol. The molecule has 11 rings (SSSR count). The van der Waals surface area contributed by atoms with Crippen molar-refractivity contribution in [1.29, 1.82) is 0 Å². The highest BCUT2D eigenvalue weighted by molar-refractivity contribution is 7.21. The number of benzene rings is 9. The maximum Gasteiger partial charge on any atom is 0.240 e. The minimum Gasteiger partial charge on any atom is -0.311 e. The van der Waals surface area contributed by atoms with Crippen LogP contribution < -0.4 is 58.4 Å². The van der Waals surface area contributed by atoms with E-state index >= 15 is 0 Å². The first kappa shape index (κ1) is 51.2. The van der Waals surface area contributed by atoms with Crippen LogP contribution in [0.3, 0.4) is 0 Å². The Morgan fingerprint density at radius 2 is 0.697 bits per heavy atom. The molecular weight excluding hydrogens is 929 g/mol. The Labute approximate surface area is 457 Å². The molecule has 1 nitrogen and oxygen atoms in total. The number of nitrogens with zero attached hydrogens (tertiary/aromatic N) is 1. The van der Waals surface area contributed by atoms with E-state index in [-0.39, 0.29) is 13.4 Å². The smallest absolute Gasteiger partial charge is 0.240 e. The fraction of sp³-hybridized carbons (Fsp3) is 0.250. The van der Waals surface area contributed by atoms with Crippen molar-refractivity contribution < 1.29 is 0 Å². The molecule has 0 bridgehead atoms. The van der Waals surface area contributed by atoms with Gasteiger partial charge in [0.25, 0.3) is 0 Å². The molecule has 9 aromatic carbocycles. The van der Waals surface area contributed by atoms with Crippen LogP contribution >= 0.6 is 0 Å². The molecule has 0 fully saturated rings. The average molecular weight is 1000 g/mol. The van der Waals surface area contributed by atoms with Gasteiger partial charge in [-0.15, -0.1) is 0 Å². The van der Waals surface area contributed by atoms with Gasteiger partial charge in [0, 0.05) is 17.1 Å². The highest BCUT2D eigenvalue weighted by Gasteiger charge is 2.49. The third kappa shape index (κ3) is 8.56. The molecule has 0 atom stereocenters. The summed E-state index contributed by atoms with van der Waals surface area (Å²) < 4.78 is 0. The second-order valence-corrected chi connectivity index (χ2v) is 27.6. The fourth-order valence-electron chi connectivity index (χ4n) is 13.5. The Kier molecular flexibility index (Phi) is 13.9. The number of rotatable bonds is 12. The van der Waals surface area contributed by atoms with Gasteiger partial charge in [-0.1, -0.05) is 292 Å². The van der Waals surface area contributed by atoms with Crippen molar-refractivity contribution in [3.63, 3.8) is 0 Å². The molecule has 378 valence electrons. The molecule has 0 N–H and O–H groups in total. The minimum absolute atomic E-state index is 0.0523. The Morgan fingerprint density at radius 1 is 0.316 bits per heavy atom. The minimum atomic E-state index is -2.76. The van der Waals surface area contributed by atoms with Crippen molar-refractivity contribution in [1.82, 2.24) is 0 Å². The highest BCUT2D eigenvalue weighted by Crippen LogP contribution is 2.40. The topological polar surface area (TPSA) is 3.24 Å². The molecule has 76 heavy (non-hydrogen) atoms. The summed E-state index contributed by atoms with van der Waals surface area (Å²) in [7, 11) is -2.76. The SMILES string of the molecule is CC(C)c1cc(C(C)C)c(B2c3ccccc3B(c3c(C(C)C)cc(C(C)C)cc3C(C)C)c3cc(-c4cccc(N5c6ccccc6[Si](c6ccccc6)(c6ccccc6)c6ccccc65)c4)ccc32)c(C(C)C)c1. The monoisotopic (exact) mass is 1000 g/mol. The van der Waals surface area contributed by atoms with Gasteiger partial charge in [-0.25, -0.2) is 0 Å². The van der Waals surface area contributed by atoms with Crippen LogP contribution in [0.5, 0.6) is 0 Å². The first-order valence-electron chi connectivity index (χ1n) is 28.5. The standard InChI is InChI=1S/C72H75B2NSi/c1-46(2)54-41-59(48(5)6)71(60(42-54)49(7)8)73-63-32-19-20-33-64(63)74(72-61(50(9)10)43-55(47(3)4)44-62(72)51(11)12)66-45-53(38-39-65(66)73)52-26-25-27-56(40-52)75-67-34-21-23-36-69(67)76(57-28-15-13-16-29-57,58-30-17-14-18-31-58)70-37-24-22-35-68(70)75/h13-51H,1-12H3. The lowest BCUT2D eigenvalue weighted by molar-refractivity contribution is 0.812. The first-order chi connectivity index (χ1) is 36.7. The summed E-state index contributed by atoms with van der Waals surface area (Å²) in [6, 6.07) is 78.1. The number of hydrogen-bond acceptors (Lipinski definition) is 1. The molecule has 0 saturated carbocycles. The van der Waals surface area contributed by atoms with E-state index in [1.165, 1.54) is 115 Å². The summed E-state index contributed by atoms with van der Waals surface area (Å²) >= 11 is 0. The maximum atomic E-state index is 2.63. The summed E-state index contributed by atoms with van der Waals surface area (Å²) in [4.78, 5) is 2.56. The zero-order valence-corrected chi connectivity index (χ0v) is 48.1. The molecule has 2 aliphatic rings. The molecule has 9 aromatic rings.